The minimum Gasteiger partial charge on any atom is -0.309 e. The molecule has 4 aromatic carbocycles. The van der Waals surface area contributed by atoms with E-state index in [4.69, 9.17) is 0 Å². The summed E-state index contributed by atoms with van der Waals surface area (Å²) in [6.45, 7) is 13.2. The van der Waals surface area contributed by atoms with Gasteiger partial charge in [-0.05, 0) is 100 Å². The molecule has 1 heterocycles. The Bertz CT molecular complexity index is 1420. The second-order valence-corrected chi connectivity index (χ2v) is 10.1. The van der Waals surface area contributed by atoms with Crippen LogP contribution in [-0.2, 0) is 0 Å². The van der Waals surface area contributed by atoms with Crippen LogP contribution in [0.5, 0.6) is 0 Å². The molecular weight excluding hydrogens is 464 g/mol. The molecule has 0 amide bonds. The third-order valence-electron chi connectivity index (χ3n) is 6.88. The zero-order valence-corrected chi connectivity index (χ0v) is 23.0. The van der Waals surface area contributed by atoms with E-state index in [0.29, 0.717) is 0 Å². The van der Waals surface area contributed by atoms with Crippen molar-refractivity contribution in [3.05, 3.63) is 131 Å². The van der Waals surface area contributed by atoms with E-state index in [0.717, 1.165) is 22.9 Å². The molecular formula is C34H34N4. The number of hydrogen-bond acceptors (Lipinski definition) is 4. The summed E-state index contributed by atoms with van der Waals surface area (Å²) in [6.07, 6.45) is 5.23. The topological polar surface area (TPSA) is 32.3 Å². The Morgan fingerprint density at radius 1 is 0.500 bits per heavy atom. The van der Waals surface area contributed by atoms with Gasteiger partial charge in [0, 0.05) is 29.5 Å². The van der Waals surface area contributed by atoms with Crippen molar-refractivity contribution < 1.29 is 0 Å². The Kier molecular flexibility index (Phi) is 6.97. The number of rotatable bonds is 6. The summed E-state index contributed by atoms with van der Waals surface area (Å²) in [4.78, 5) is 13.5. The highest BCUT2D eigenvalue weighted by Gasteiger charge is 2.22. The first kappa shape index (κ1) is 25.2. The van der Waals surface area contributed by atoms with Gasteiger partial charge in [0.15, 0.2) is 5.82 Å². The van der Waals surface area contributed by atoms with Gasteiger partial charge in [0.2, 0.25) is 0 Å². The maximum absolute atomic E-state index is 4.60. The Morgan fingerprint density at radius 2 is 0.947 bits per heavy atom. The summed E-state index contributed by atoms with van der Waals surface area (Å²) in [7, 11) is 0. The lowest BCUT2D eigenvalue weighted by Crippen LogP contribution is -2.16. The molecule has 0 saturated heterocycles. The molecule has 0 spiro atoms. The Balaban J connectivity index is 1.68. The van der Waals surface area contributed by atoms with Crippen molar-refractivity contribution in [2.75, 3.05) is 9.80 Å². The van der Waals surface area contributed by atoms with Crippen molar-refractivity contribution in [2.24, 2.45) is 0 Å². The largest absolute Gasteiger partial charge is 0.309 e. The number of anilines is 6. The lowest BCUT2D eigenvalue weighted by molar-refractivity contribution is 1.12. The summed E-state index contributed by atoms with van der Waals surface area (Å²) >= 11 is 0. The number of benzene rings is 4. The lowest BCUT2D eigenvalue weighted by Gasteiger charge is -2.32. The molecule has 0 aliphatic heterocycles. The summed E-state index contributed by atoms with van der Waals surface area (Å²) in [5.74, 6) is 0.777. The van der Waals surface area contributed by atoms with Crippen LogP contribution in [0, 0.1) is 41.5 Å². The van der Waals surface area contributed by atoms with Gasteiger partial charge in [0.05, 0.1) is 17.6 Å². The van der Waals surface area contributed by atoms with Crippen molar-refractivity contribution in [3.63, 3.8) is 0 Å². The van der Waals surface area contributed by atoms with Crippen molar-refractivity contribution in [1.82, 2.24) is 9.97 Å². The van der Waals surface area contributed by atoms with Crippen LogP contribution in [0.1, 0.15) is 33.4 Å². The first-order chi connectivity index (χ1) is 18.3. The van der Waals surface area contributed by atoms with E-state index in [-0.39, 0.29) is 0 Å². The number of para-hydroxylation sites is 1. The Labute approximate surface area is 226 Å². The van der Waals surface area contributed by atoms with Gasteiger partial charge in [0.1, 0.15) is 0 Å². The maximum atomic E-state index is 4.60. The minimum atomic E-state index is 0.777. The zero-order valence-electron chi connectivity index (χ0n) is 23.0. The molecule has 0 unspecified atom stereocenters. The second-order valence-electron chi connectivity index (χ2n) is 10.1. The molecule has 1 aromatic heterocycles. The van der Waals surface area contributed by atoms with Crippen molar-refractivity contribution in [3.8, 4) is 0 Å². The van der Waals surface area contributed by atoms with Gasteiger partial charge < -0.3 is 4.90 Å². The first-order valence-corrected chi connectivity index (χ1v) is 13.0. The Morgan fingerprint density at radius 3 is 1.39 bits per heavy atom. The van der Waals surface area contributed by atoms with Crippen LogP contribution in [0.3, 0.4) is 0 Å². The number of aryl methyl sites for hydroxylation is 6. The van der Waals surface area contributed by atoms with E-state index >= 15 is 0 Å². The molecule has 0 N–H and O–H groups in total. The standard InChI is InChI=1S/C34H34N4/c1-23-18-25(3)33(26(4)19-23)38(34-27(5)20-24(2)21-28(34)6)31-14-12-30(13-15-31)37(29-10-8-7-9-11-29)32-22-35-16-17-36-32/h7-22H,1-6H3. The molecule has 190 valence electrons. The molecule has 5 rings (SSSR count). The van der Waals surface area contributed by atoms with Crippen molar-refractivity contribution in [1.29, 1.82) is 0 Å². The van der Waals surface area contributed by atoms with E-state index < -0.39 is 0 Å². The average Bonchev–Trinajstić information content (AvgIpc) is 2.89. The Hall–Kier alpha value is -4.44. The van der Waals surface area contributed by atoms with Crippen LogP contribution >= 0.6 is 0 Å². The van der Waals surface area contributed by atoms with Gasteiger partial charge in [-0.3, -0.25) is 9.88 Å². The molecule has 0 radical (unpaired) electrons. The van der Waals surface area contributed by atoms with E-state index in [1.165, 1.54) is 44.8 Å². The van der Waals surface area contributed by atoms with Crippen LogP contribution in [0.4, 0.5) is 34.3 Å². The highest BCUT2D eigenvalue weighted by Crippen LogP contribution is 2.43. The van der Waals surface area contributed by atoms with Gasteiger partial charge in [-0.15, -0.1) is 0 Å². The number of nitrogens with zero attached hydrogens (tertiary/aromatic N) is 4. The van der Waals surface area contributed by atoms with Gasteiger partial charge in [0.25, 0.3) is 0 Å². The summed E-state index contributed by atoms with van der Waals surface area (Å²) < 4.78 is 0. The molecule has 0 fully saturated rings. The van der Waals surface area contributed by atoms with E-state index in [1.54, 1.807) is 18.6 Å². The molecule has 0 aliphatic rings. The normalized spacial score (nSPS) is 10.9. The van der Waals surface area contributed by atoms with Crippen LogP contribution in [-0.4, -0.2) is 9.97 Å². The summed E-state index contributed by atoms with van der Waals surface area (Å²) in [6, 6.07) is 28.1. The fourth-order valence-corrected chi connectivity index (χ4v) is 5.57. The fourth-order valence-electron chi connectivity index (χ4n) is 5.57. The van der Waals surface area contributed by atoms with Gasteiger partial charge in [-0.2, -0.15) is 0 Å². The van der Waals surface area contributed by atoms with Crippen LogP contribution in [0.2, 0.25) is 0 Å². The highest BCUT2D eigenvalue weighted by molar-refractivity contribution is 5.85. The van der Waals surface area contributed by atoms with E-state index in [2.05, 4.69) is 122 Å². The molecule has 0 saturated carbocycles. The number of aromatic nitrogens is 2. The lowest BCUT2D eigenvalue weighted by atomic mass is 9.98. The third-order valence-corrected chi connectivity index (χ3v) is 6.88. The van der Waals surface area contributed by atoms with Crippen molar-refractivity contribution in [2.45, 2.75) is 41.5 Å². The van der Waals surface area contributed by atoms with Crippen LogP contribution in [0.15, 0.2) is 97.5 Å². The van der Waals surface area contributed by atoms with Gasteiger partial charge in [-0.1, -0.05) is 53.6 Å². The maximum Gasteiger partial charge on any atom is 0.156 e. The summed E-state index contributed by atoms with van der Waals surface area (Å²) in [5, 5.41) is 0. The number of hydrogen-bond donors (Lipinski definition) is 0. The predicted molar refractivity (Wildman–Crippen MR) is 160 cm³/mol. The monoisotopic (exact) mass is 498 g/mol. The molecule has 4 heteroatoms. The molecule has 4 nitrogen and oxygen atoms in total. The predicted octanol–water partition coefficient (Wildman–Crippen LogP) is 9.27. The van der Waals surface area contributed by atoms with Crippen LogP contribution in [0.25, 0.3) is 0 Å². The third kappa shape index (κ3) is 4.90. The van der Waals surface area contributed by atoms with E-state index in [9.17, 15) is 0 Å². The minimum absolute atomic E-state index is 0.777. The highest BCUT2D eigenvalue weighted by atomic mass is 15.2. The second kappa shape index (κ2) is 10.5. The van der Waals surface area contributed by atoms with E-state index in [1.807, 2.05) is 18.2 Å². The smallest absolute Gasteiger partial charge is 0.156 e. The summed E-state index contributed by atoms with van der Waals surface area (Å²) in [5.41, 5.74) is 13.2. The zero-order chi connectivity index (χ0) is 26.8. The fraction of sp³-hybridized carbons (Fsp3) is 0.176. The van der Waals surface area contributed by atoms with Gasteiger partial charge >= 0.3 is 0 Å². The SMILES string of the molecule is Cc1cc(C)c(N(c2ccc(N(c3ccccc3)c3cnccn3)cc2)c2c(C)cc(C)cc2C)c(C)c1. The molecule has 0 bridgehead atoms. The van der Waals surface area contributed by atoms with Crippen molar-refractivity contribution >= 4 is 34.3 Å². The quantitative estimate of drug-likeness (QED) is 0.233. The molecule has 0 aliphatic carbocycles. The van der Waals surface area contributed by atoms with Gasteiger partial charge in [-0.25, -0.2) is 4.98 Å². The van der Waals surface area contributed by atoms with Crippen LogP contribution < -0.4 is 9.80 Å². The molecule has 0 atom stereocenters. The first-order valence-electron chi connectivity index (χ1n) is 13.0. The molecule has 38 heavy (non-hydrogen) atoms. The average molecular weight is 499 g/mol. The molecule has 5 aromatic rings.